The van der Waals surface area contributed by atoms with Gasteiger partial charge in [-0.1, -0.05) is 26.0 Å². The smallest absolute Gasteiger partial charge is 0.280 e. The van der Waals surface area contributed by atoms with Gasteiger partial charge in [0.25, 0.3) is 5.69 Å². The molecule has 0 fully saturated rings. The predicted octanol–water partition coefficient (Wildman–Crippen LogP) is 4.74. The SMILES string of the molecule is CCC(=C(CC)c1ccc(O)cc1[N+](=O)[O-])c1ccc(O)cc1. The first-order valence-electron chi connectivity index (χ1n) is 7.47. The summed E-state index contributed by atoms with van der Waals surface area (Å²) < 4.78 is 0. The minimum Gasteiger partial charge on any atom is -0.508 e. The van der Waals surface area contributed by atoms with E-state index < -0.39 is 4.92 Å². The van der Waals surface area contributed by atoms with Crippen molar-refractivity contribution in [1.29, 1.82) is 0 Å². The number of phenolic OH excluding ortho intramolecular Hbond substituents is 2. The summed E-state index contributed by atoms with van der Waals surface area (Å²) in [7, 11) is 0. The lowest BCUT2D eigenvalue weighted by Crippen LogP contribution is -1.97. The second-order valence-corrected chi connectivity index (χ2v) is 5.17. The van der Waals surface area contributed by atoms with Crippen molar-refractivity contribution >= 4 is 16.8 Å². The zero-order chi connectivity index (χ0) is 17.0. The van der Waals surface area contributed by atoms with Crippen molar-refractivity contribution in [1.82, 2.24) is 0 Å². The average Bonchev–Trinajstić information content (AvgIpc) is 2.54. The number of benzene rings is 2. The van der Waals surface area contributed by atoms with E-state index in [9.17, 15) is 20.3 Å². The molecule has 2 aromatic rings. The van der Waals surface area contributed by atoms with Crippen LogP contribution in [0.15, 0.2) is 42.5 Å². The van der Waals surface area contributed by atoms with Crippen molar-refractivity contribution < 1.29 is 15.1 Å². The van der Waals surface area contributed by atoms with Gasteiger partial charge in [-0.25, -0.2) is 0 Å². The van der Waals surface area contributed by atoms with Crippen molar-refractivity contribution in [2.75, 3.05) is 0 Å². The van der Waals surface area contributed by atoms with Crippen LogP contribution in [0.1, 0.15) is 37.8 Å². The Hall–Kier alpha value is -2.82. The summed E-state index contributed by atoms with van der Waals surface area (Å²) in [5.41, 5.74) is 3.18. The van der Waals surface area contributed by atoms with Crippen LogP contribution in [-0.2, 0) is 0 Å². The van der Waals surface area contributed by atoms with Crippen molar-refractivity contribution in [2.45, 2.75) is 26.7 Å². The minimum atomic E-state index is -0.477. The Morgan fingerprint density at radius 3 is 2.04 bits per heavy atom. The molecule has 2 rings (SSSR count). The lowest BCUT2D eigenvalue weighted by atomic mass is 9.90. The second kappa shape index (κ2) is 6.96. The number of phenols is 2. The molecule has 0 aliphatic heterocycles. The van der Waals surface area contributed by atoms with Crippen LogP contribution in [0, 0.1) is 10.1 Å². The van der Waals surface area contributed by atoms with Gasteiger partial charge in [-0.15, -0.1) is 0 Å². The van der Waals surface area contributed by atoms with E-state index in [-0.39, 0.29) is 17.2 Å². The summed E-state index contributed by atoms with van der Waals surface area (Å²) in [5, 5.41) is 30.3. The second-order valence-electron chi connectivity index (χ2n) is 5.17. The van der Waals surface area contributed by atoms with Crippen molar-refractivity contribution in [3.05, 3.63) is 63.7 Å². The molecule has 0 saturated heterocycles. The summed E-state index contributed by atoms with van der Waals surface area (Å²) >= 11 is 0. The molecule has 0 bridgehead atoms. The summed E-state index contributed by atoms with van der Waals surface area (Å²) in [6.45, 7) is 3.94. The Morgan fingerprint density at radius 1 is 0.957 bits per heavy atom. The van der Waals surface area contributed by atoms with Crippen molar-refractivity contribution in [2.24, 2.45) is 0 Å². The molecule has 0 saturated carbocycles. The highest BCUT2D eigenvalue weighted by Crippen LogP contribution is 2.37. The number of allylic oxidation sites excluding steroid dienone is 2. The molecular weight excluding hydrogens is 294 g/mol. The summed E-state index contributed by atoms with van der Waals surface area (Å²) in [6.07, 6.45) is 1.32. The zero-order valence-corrected chi connectivity index (χ0v) is 13.1. The highest BCUT2D eigenvalue weighted by molar-refractivity contribution is 5.93. The highest BCUT2D eigenvalue weighted by Gasteiger charge is 2.20. The summed E-state index contributed by atoms with van der Waals surface area (Å²) in [4.78, 5) is 10.8. The Kier molecular flexibility index (Phi) is 5.01. The Morgan fingerprint density at radius 2 is 1.52 bits per heavy atom. The standard InChI is InChI=1S/C18H19NO4/c1-3-15(12-5-7-13(20)8-6-12)16(4-2)17-10-9-14(21)11-18(17)19(22)23/h5-11,20-21H,3-4H2,1-2H3. The number of rotatable bonds is 5. The van der Waals surface area contributed by atoms with E-state index in [1.54, 1.807) is 30.3 Å². The third-order valence-electron chi connectivity index (χ3n) is 3.79. The van der Waals surface area contributed by atoms with E-state index in [4.69, 9.17) is 0 Å². The molecule has 0 unspecified atom stereocenters. The van der Waals surface area contributed by atoms with Gasteiger partial charge in [-0.05, 0) is 53.8 Å². The first-order chi connectivity index (χ1) is 11.0. The van der Waals surface area contributed by atoms with Gasteiger partial charge in [0.2, 0.25) is 0 Å². The largest absolute Gasteiger partial charge is 0.508 e. The van der Waals surface area contributed by atoms with Crippen LogP contribution in [0.4, 0.5) is 5.69 Å². The predicted molar refractivity (Wildman–Crippen MR) is 90.3 cm³/mol. The third-order valence-corrected chi connectivity index (χ3v) is 3.79. The molecule has 0 spiro atoms. The van der Waals surface area contributed by atoms with Gasteiger partial charge in [-0.2, -0.15) is 0 Å². The maximum Gasteiger partial charge on any atom is 0.280 e. The number of hydrogen-bond donors (Lipinski definition) is 2. The number of aromatic hydroxyl groups is 2. The molecule has 0 heterocycles. The summed E-state index contributed by atoms with van der Waals surface area (Å²) in [5.74, 6) is 0.0523. The van der Waals surface area contributed by atoms with Crippen LogP contribution in [0.5, 0.6) is 11.5 Å². The van der Waals surface area contributed by atoms with Gasteiger partial charge >= 0.3 is 0 Å². The monoisotopic (exact) mass is 313 g/mol. The van der Waals surface area contributed by atoms with E-state index in [0.29, 0.717) is 18.4 Å². The maximum absolute atomic E-state index is 11.3. The lowest BCUT2D eigenvalue weighted by molar-refractivity contribution is -0.385. The molecule has 0 atom stereocenters. The molecule has 0 aliphatic rings. The van der Waals surface area contributed by atoms with E-state index in [1.807, 2.05) is 13.8 Å². The number of nitro benzene ring substituents is 1. The summed E-state index contributed by atoms with van der Waals surface area (Å²) in [6, 6.07) is 11.0. The molecule has 2 N–H and O–H groups in total. The van der Waals surface area contributed by atoms with E-state index >= 15 is 0 Å². The van der Waals surface area contributed by atoms with E-state index in [1.165, 1.54) is 12.1 Å². The fourth-order valence-electron chi connectivity index (χ4n) is 2.75. The van der Waals surface area contributed by atoms with Crippen LogP contribution in [0.2, 0.25) is 0 Å². The van der Waals surface area contributed by atoms with Crippen LogP contribution in [0.25, 0.3) is 11.1 Å². The van der Waals surface area contributed by atoms with Crippen molar-refractivity contribution in [3.63, 3.8) is 0 Å². The average molecular weight is 313 g/mol. The first kappa shape index (κ1) is 16.5. The quantitative estimate of drug-likeness (QED) is 0.474. The lowest BCUT2D eigenvalue weighted by Gasteiger charge is -2.14. The molecule has 0 radical (unpaired) electrons. The number of nitrogens with zero attached hydrogens (tertiary/aromatic N) is 1. The van der Waals surface area contributed by atoms with E-state index in [0.717, 1.165) is 16.7 Å². The highest BCUT2D eigenvalue weighted by atomic mass is 16.6. The molecule has 2 aromatic carbocycles. The molecule has 0 amide bonds. The van der Waals surface area contributed by atoms with Gasteiger partial charge in [-0.3, -0.25) is 10.1 Å². The Balaban J connectivity index is 2.69. The molecule has 0 aromatic heterocycles. The van der Waals surface area contributed by atoms with Crippen LogP contribution >= 0.6 is 0 Å². The first-order valence-corrected chi connectivity index (χ1v) is 7.47. The zero-order valence-electron chi connectivity index (χ0n) is 13.1. The Bertz CT molecular complexity index is 748. The van der Waals surface area contributed by atoms with E-state index in [2.05, 4.69) is 0 Å². The van der Waals surface area contributed by atoms with Gasteiger partial charge in [0.15, 0.2) is 0 Å². The topological polar surface area (TPSA) is 83.6 Å². The number of hydrogen-bond acceptors (Lipinski definition) is 4. The number of nitro groups is 1. The fraction of sp³-hybridized carbons (Fsp3) is 0.222. The molecule has 5 nitrogen and oxygen atoms in total. The molecule has 5 heteroatoms. The maximum atomic E-state index is 11.3. The van der Waals surface area contributed by atoms with Gasteiger partial charge in [0.05, 0.1) is 16.6 Å². The van der Waals surface area contributed by atoms with Crippen molar-refractivity contribution in [3.8, 4) is 11.5 Å². The van der Waals surface area contributed by atoms with Crippen LogP contribution in [0.3, 0.4) is 0 Å². The van der Waals surface area contributed by atoms with Crippen LogP contribution in [-0.4, -0.2) is 15.1 Å². The molecule has 0 aliphatic carbocycles. The molecular formula is C18H19NO4. The van der Waals surface area contributed by atoms with Gasteiger partial charge < -0.3 is 10.2 Å². The molecule has 120 valence electrons. The fourth-order valence-corrected chi connectivity index (χ4v) is 2.75. The van der Waals surface area contributed by atoms with Gasteiger partial charge in [0.1, 0.15) is 11.5 Å². The van der Waals surface area contributed by atoms with Crippen LogP contribution < -0.4 is 0 Å². The third kappa shape index (κ3) is 3.51. The minimum absolute atomic E-state index is 0.105. The normalized spacial score (nSPS) is 11.9. The molecule has 23 heavy (non-hydrogen) atoms. The Labute approximate surface area is 134 Å². The van der Waals surface area contributed by atoms with Gasteiger partial charge in [0, 0.05) is 0 Å².